The lowest BCUT2D eigenvalue weighted by Crippen LogP contribution is -2.07. The van der Waals surface area contributed by atoms with E-state index in [9.17, 15) is 10.1 Å². The molecule has 2 unspecified atom stereocenters. The number of nitrogens with zero attached hydrogens (tertiary/aromatic N) is 2. The minimum Gasteiger partial charge on any atom is -0.366 e. The second-order valence-electron chi connectivity index (χ2n) is 5.12. The van der Waals surface area contributed by atoms with Gasteiger partial charge in [-0.2, -0.15) is 0 Å². The fourth-order valence-electron chi connectivity index (χ4n) is 2.41. The first-order chi connectivity index (χ1) is 9.65. The summed E-state index contributed by atoms with van der Waals surface area (Å²) in [7, 11) is 0. The van der Waals surface area contributed by atoms with Crippen molar-refractivity contribution in [2.24, 2.45) is 0 Å². The van der Waals surface area contributed by atoms with Gasteiger partial charge >= 0.3 is 0 Å². The number of aryl methyl sites for hydroxylation is 1. The third-order valence-electron chi connectivity index (χ3n) is 3.61. The highest BCUT2D eigenvalue weighted by molar-refractivity contribution is 5.51. The molecule has 1 fully saturated rings. The molecule has 3 rings (SSSR count). The van der Waals surface area contributed by atoms with Gasteiger partial charge in [-0.15, -0.1) is 0 Å². The quantitative estimate of drug-likeness (QED) is 0.683. The Labute approximate surface area is 116 Å². The smallest absolute Gasteiger partial charge is 0.287 e. The highest BCUT2D eigenvalue weighted by Crippen LogP contribution is 2.42. The average Bonchev–Trinajstić information content (AvgIpc) is 3.21. The van der Waals surface area contributed by atoms with E-state index >= 15 is 0 Å². The molecular weight excluding hydrogens is 254 g/mol. The Morgan fingerprint density at radius 2 is 2.10 bits per heavy atom. The van der Waals surface area contributed by atoms with Gasteiger partial charge in [-0.3, -0.25) is 10.1 Å². The van der Waals surface area contributed by atoms with Crippen molar-refractivity contribution in [2.75, 3.05) is 5.32 Å². The Hall–Kier alpha value is -2.43. The number of anilines is 1. The summed E-state index contributed by atoms with van der Waals surface area (Å²) >= 11 is 0. The SMILES string of the molecule is Cc1cc([N+](=O)[O-])cnc1NC1CC1c1ccccc1. The van der Waals surface area contributed by atoms with Crippen LogP contribution in [0.25, 0.3) is 0 Å². The first-order valence-electron chi connectivity index (χ1n) is 6.57. The largest absolute Gasteiger partial charge is 0.366 e. The van der Waals surface area contributed by atoms with Crippen molar-refractivity contribution in [1.82, 2.24) is 4.98 Å². The molecule has 102 valence electrons. The molecule has 2 aromatic rings. The number of hydrogen-bond acceptors (Lipinski definition) is 4. The van der Waals surface area contributed by atoms with E-state index in [1.807, 2.05) is 25.1 Å². The second kappa shape index (κ2) is 4.92. The van der Waals surface area contributed by atoms with Gasteiger partial charge in [-0.1, -0.05) is 30.3 Å². The molecule has 5 nitrogen and oxygen atoms in total. The van der Waals surface area contributed by atoms with E-state index in [-0.39, 0.29) is 5.69 Å². The Bertz CT molecular complexity index is 643. The minimum absolute atomic E-state index is 0.0310. The lowest BCUT2D eigenvalue weighted by molar-refractivity contribution is -0.385. The third-order valence-corrected chi connectivity index (χ3v) is 3.61. The van der Waals surface area contributed by atoms with Crippen LogP contribution in [0.15, 0.2) is 42.6 Å². The maximum Gasteiger partial charge on any atom is 0.287 e. The first kappa shape index (κ1) is 12.6. The molecule has 2 atom stereocenters. The van der Waals surface area contributed by atoms with Crippen LogP contribution in [-0.4, -0.2) is 15.9 Å². The van der Waals surface area contributed by atoms with Crippen LogP contribution in [0.5, 0.6) is 0 Å². The van der Waals surface area contributed by atoms with Crippen LogP contribution in [-0.2, 0) is 0 Å². The summed E-state index contributed by atoms with van der Waals surface area (Å²) in [4.78, 5) is 14.4. The van der Waals surface area contributed by atoms with E-state index in [1.54, 1.807) is 6.07 Å². The molecule has 1 aromatic heterocycles. The summed E-state index contributed by atoms with van der Waals surface area (Å²) in [6, 6.07) is 12.3. The van der Waals surface area contributed by atoms with Crippen molar-refractivity contribution >= 4 is 11.5 Å². The van der Waals surface area contributed by atoms with Crippen molar-refractivity contribution in [3.8, 4) is 0 Å². The van der Waals surface area contributed by atoms with Crippen LogP contribution >= 0.6 is 0 Å². The third kappa shape index (κ3) is 2.47. The average molecular weight is 269 g/mol. The molecule has 0 spiro atoms. The highest BCUT2D eigenvalue weighted by Gasteiger charge is 2.38. The minimum atomic E-state index is -0.423. The van der Waals surface area contributed by atoms with Crippen LogP contribution in [0.3, 0.4) is 0 Å². The molecule has 0 bridgehead atoms. The van der Waals surface area contributed by atoms with Gasteiger partial charge in [0.05, 0.1) is 4.92 Å². The monoisotopic (exact) mass is 269 g/mol. The Balaban J connectivity index is 1.70. The molecule has 0 amide bonds. The fraction of sp³-hybridized carbons (Fsp3) is 0.267. The summed E-state index contributed by atoms with van der Waals surface area (Å²) in [5.41, 5.74) is 2.16. The molecule has 1 aliphatic rings. The normalized spacial score (nSPS) is 20.4. The summed E-state index contributed by atoms with van der Waals surface area (Å²) in [6.07, 6.45) is 2.37. The molecule has 0 radical (unpaired) electrons. The van der Waals surface area contributed by atoms with Crippen molar-refractivity contribution in [1.29, 1.82) is 0 Å². The Morgan fingerprint density at radius 3 is 2.75 bits per heavy atom. The molecule has 20 heavy (non-hydrogen) atoms. The number of nitrogens with one attached hydrogen (secondary N) is 1. The standard InChI is InChI=1S/C15H15N3O2/c1-10-7-12(18(19)20)9-16-15(10)17-14-8-13(14)11-5-3-2-4-6-11/h2-7,9,13-14H,8H2,1H3,(H,16,17). The lowest BCUT2D eigenvalue weighted by atomic mass is 10.1. The van der Waals surface area contributed by atoms with E-state index in [0.717, 1.165) is 17.8 Å². The van der Waals surface area contributed by atoms with Crippen LogP contribution < -0.4 is 5.32 Å². The molecule has 0 aliphatic heterocycles. The number of nitro groups is 1. The first-order valence-corrected chi connectivity index (χ1v) is 6.57. The van der Waals surface area contributed by atoms with Gasteiger partial charge in [0.2, 0.25) is 0 Å². The molecule has 1 aliphatic carbocycles. The molecule has 1 saturated carbocycles. The maximum absolute atomic E-state index is 10.7. The lowest BCUT2D eigenvalue weighted by Gasteiger charge is -2.08. The molecule has 1 heterocycles. The van der Waals surface area contributed by atoms with Crippen molar-refractivity contribution in [2.45, 2.75) is 25.3 Å². The summed E-state index contributed by atoms with van der Waals surface area (Å²) in [5.74, 6) is 1.24. The van der Waals surface area contributed by atoms with E-state index in [0.29, 0.717) is 12.0 Å². The topological polar surface area (TPSA) is 68.1 Å². The van der Waals surface area contributed by atoms with Crippen molar-refractivity contribution in [3.63, 3.8) is 0 Å². The van der Waals surface area contributed by atoms with E-state index < -0.39 is 4.92 Å². The zero-order valence-corrected chi connectivity index (χ0v) is 11.1. The van der Waals surface area contributed by atoms with Crippen LogP contribution in [0.4, 0.5) is 11.5 Å². The molecular formula is C15H15N3O2. The van der Waals surface area contributed by atoms with Gasteiger partial charge in [0.25, 0.3) is 5.69 Å². The maximum atomic E-state index is 10.7. The van der Waals surface area contributed by atoms with E-state index in [4.69, 9.17) is 0 Å². The molecule has 0 saturated heterocycles. The Kier molecular flexibility index (Phi) is 3.10. The second-order valence-corrected chi connectivity index (χ2v) is 5.12. The number of benzene rings is 1. The van der Waals surface area contributed by atoms with Crippen molar-refractivity contribution < 1.29 is 4.92 Å². The molecule has 1 N–H and O–H groups in total. The van der Waals surface area contributed by atoms with Gasteiger partial charge in [0.1, 0.15) is 12.0 Å². The number of aromatic nitrogens is 1. The Morgan fingerprint density at radius 1 is 1.35 bits per heavy atom. The number of pyridine rings is 1. The van der Waals surface area contributed by atoms with Gasteiger partial charge in [0, 0.05) is 18.0 Å². The van der Waals surface area contributed by atoms with E-state index in [1.165, 1.54) is 11.8 Å². The van der Waals surface area contributed by atoms with Crippen molar-refractivity contribution in [3.05, 3.63) is 63.8 Å². The van der Waals surface area contributed by atoms with E-state index in [2.05, 4.69) is 22.4 Å². The van der Waals surface area contributed by atoms with Gasteiger partial charge in [0.15, 0.2) is 0 Å². The predicted molar refractivity (Wildman–Crippen MR) is 76.8 cm³/mol. The van der Waals surface area contributed by atoms with Crippen LogP contribution in [0.2, 0.25) is 0 Å². The highest BCUT2D eigenvalue weighted by atomic mass is 16.6. The van der Waals surface area contributed by atoms with Crippen LogP contribution in [0, 0.1) is 17.0 Å². The number of hydrogen-bond donors (Lipinski definition) is 1. The molecule has 5 heteroatoms. The summed E-state index contributed by atoms with van der Waals surface area (Å²) in [5, 5.41) is 14.0. The number of rotatable bonds is 4. The predicted octanol–water partition coefficient (Wildman–Crippen LogP) is 3.27. The summed E-state index contributed by atoms with van der Waals surface area (Å²) < 4.78 is 0. The fourth-order valence-corrected chi connectivity index (χ4v) is 2.41. The van der Waals surface area contributed by atoms with Gasteiger partial charge in [-0.25, -0.2) is 4.98 Å². The summed E-state index contributed by atoms with van der Waals surface area (Å²) in [6.45, 7) is 1.84. The molecule has 1 aromatic carbocycles. The van der Waals surface area contributed by atoms with Gasteiger partial charge < -0.3 is 5.32 Å². The van der Waals surface area contributed by atoms with Crippen LogP contribution in [0.1, 0.15) is 23.5 Å². The van der Waals surface area contributed by atoms with Gasteiger partial charge in [-0.05, 0) is 24.5 Å². The zero-order valence-electron chi connectivity index (χ0n) is 11.1. The zero-order chi connectivity index (χ0) is 14.1.